The highest BCUT2D eigenvalue weighted by Gasteiger charge is 2.26. The van der Waals surface area contributed by atoms with E-state index in [1.807, 2.05) is 19.0 Å². The Morgan fingerprint density at radius 3 is 2.96 bits per heavy atom. The Morgan fingerprint density at radius 1 is 1.48 bits per heavy atom. The maximum Gasteiger partial charge on any atom is 0.225 e. The molecule has 0 bridgehead atoms. The molecular weight excluding hydrogens is 346 g/mol. The molecule has 0 aliphatic carbocycles. The first-order valence-corrected chi connectivity index (χ1v) is 9.17. The Labute approximate surface area is 149 Å². The first kappa shape index (κ1) is 18.2. The molecule has 8 heteroatoms. The van der Waals surface area contributed by atoms with E-state index in [0.717, 1.165) is 25.5 Å². The summed E-state index contributed by atoms with van der Waals surface area (Å²) in [6.07, 6.45) is 1.83. The highest BCUT2D eigenvalue weighted by molar-refractivity contribution is 7.18. The van der Waals surface area contributed by atoms with Crippen LogP contribution in [-0.2, 0) is 4.79 Å². The van der Waals surface area contributed by atoms with Crippen molar-refractivity contribution >= 4 is 27.5 Å². The normalized spacial score (nSPS) is 19.3. The zero-order valence-corrected chi connectivity index (χ0v) is 15.1. The second kappa shape index (κ2) is 7.72. The number of nitrogens with one attached hydrogen (secondary N) is 2. The number of nitrogens with zero attached hydrogens (tertiary/aromatic N) is 2. The predicted molar refractivity (Wildman–Crippen MR) is 94.6 cm³/mol. The fourth-order valence-corrected chi connectivity index (χ4v) is 4.09. The lowest BCUT2D eigenvalue weighted by atomic mass is 9.98. The second-order valence-corrected chi connectivity index (χ2v) is 7.72. The fourth-order valence-electron chi connectivity index (χ4n) is 3.04. The lowest BCUT2D eigenvalue weighted by molar-refractivity contribution is -0.126. The molecule has 2 N–H and O–H groups in total. The molecule has 0 radical (unpaired) electrons. The van der Waals surface area contributed by atoms with E-state index in [2.05, 4.69) is 15.6 Å². The number of rotatable bonds is 5. The summed E-state index contributed by atoms with van der Waals surface area (Å²) in [5, 5.41) is 6.86. The Hall–Kier alpha value is -1.64. The summed E-state index contributed by atoms with van der Waals surface area (Å²) in [7, 11) is 3.80. The van der Waals surface area contributed by atoms with Crippen LogP contribution in [0, 0.1) is 17.6 Å². The molecule has 1 unspecified atom stereocenters. The Kier molecular flexibility index (Phi) is 5.61. The highest BCUT2D eigenvalue weighted by atomic mass is 32.1. The molecule has 136 valence electrons. The van der Waals surface area contributed by atoms with E-state index in [-0.39, 0.29) is 23.4 Å². The van der Waals surface area contributed by atoms with Crippen molar-refractivity contribution < 1.29 is 13.6 Å². The van der Waals surface area contributed by atoms with Crippen LogP contribution in [-0.4, -0.2) is 49.5 Å². The van der Waals surface area contributed by atoms with Gasteiger partial charge in [-0.05, 0) is 39.5 Å². The van der Waals surface area contributed by atoms with Crippen LogP contribution < -0.4 is 10.6 Å². The average molecular weight is 368 g/mol. The average Bonchev–Trinajstić information content (AvgIpc) is 2.99. The molecule has 1 fully saturated rings. The minimum Gasteiger partial charge on any atom is -0.345 e. The van der Waals surface area contributed by atoms with Gasteiger partial charge in [0.25, 0.3) is 0 Å². The number of carbonyl (C=O) groups is 1. The minimum atomic E-state index is -0.677. The first-order chi connectivity index (χ1) is 11.9. The SMILES string of the molecule is CN(C)C[C@H](NC(=O)C1CCCNC1)c1nc2c(F)cc(F)cc2s1. The number of fused-ring (bicyclic) bond motifs is 1. The van der Waals surface area contributed by atoms with Crippen LogP contribution in [0.3, 0.4) is 0 Å². The van der Waals surface area contributed by atoms with Crippen LogP contribution in [0.1, 0.15) is 23.9 Å². The van der Waals surface area contributed by atoms with Gasteiger partial charge in [0.2, 0.25) is 5.91 Å². The molecule has 1 aromatic heterocycles. The van der Waals surface area contributed by atoms with Crippen LogP contribution in [0.5, 0.6) is 0 Å². The van der Waals surface area contributed by atoms with Crippen molar-refractivity contribution in [2.24, 2.45) is 5.92 Å². The van der Waals surface area contributed by atoms with E-state index in [1.165, 1.54) is 17.4 Å². The van der Waals surface area contributed by atoms with Crippen molar-refractivity contribution in [2.75, 3.05) is 33.7 Å². The summed E-state index contributed by atoms with van der Waals surface area (Å²) in [5.41, 5.74) is 0.152. The third kappa shape index (κ3) is 4.31. The second-order valence-electron chi connectivity index (χ2n) is 6.65. The van der Waals surface area contributed by atoms with Gasteiger partial charge in [0.15, 0.2) is 5.82 Å². The van der Waals surface area contributed by atoms with Gasteiger partial charge >= 0.3 is 0 Å². The van der Waals surface area contributed by atoms with E-state index >= 15 is 0 Å². The van der Waals surface area contributed by atoms with Gasteiger partial charge in [-0.2, -0.15) is 0 Å². The third-order valence-corrected chi connectivity index (χ3v) is 5.38. The molecule has 0 saturated carbocycles. The summed E-state index contributed by atoms with van der Waals surface area (Å²) < 4.78 is 27.8. The van der Waals surface area contributed by atoms with E-state index < -0.39 is 11.6 Å². The van der Waals surface area contributed by atoms with Crippen LogP contribution in [0.4, 0.5) is 8.78 Å². The van der Waals surface area contributed by atoms with Gasteiger partial charge < -0.3 is 15.5 Å². The molecule has 1 saturated heterocycles. The summed E-state index contributed by atoms with van der Waals surface area (Å²) in [4.78, 5) is 18.8. The maximum atomic E-state index is 13.9. The van der Waals surface area contributed by atoms with Gasteiger partial charge in [0.1, 0.15) is 16.3 Å². The Balaban J connectivity index is 1.85. The molecule has 3 rings (SSSR count). The fraction of sp³-hybridized carbons (Fsp3) is 0.529. The van der Waals surface area contributed by atoms with E-state index in [0.29, 0.717) is 22.8 Å². The molecule has 2 heterocycles. The number of amides is 1. The van der Waals surface area contributed by atoms with Crippen molar-refractivity contribution in [1.29, 1.82) is 0 Å². The predicted octanol–water partition coefficient (Wildman–Crippen LogP) is 2.29. The van der Waals surface area contributed by atoms with Crippen LogP contribution >= 0.6 is 11.3 Å². The molecular formula is C17H22F2N4OS. The topological polar surface area (TPSA) is 57.3 Å². The number of hydrogen-bond donors (Lipinski definition) is 2. The molecule has 1 aliphatic heterocycles. The number of carbonyl (C=O) groups excluding carboxylic acids is 1. The van der Waals surface area contributed by atoms with Gasteiger partial charge in [-0.1, -0.05) is 0 Å². The van der Waals surface area contributed by atoms with Gasteiger partial charge in [-0.25, -0.2) is 13.8 Å². The summed E-state index contributed by atoms with van der Waals surface area (Å²) in [6, 6.07) is 1.75. The number of halogens is 2. The number of hydrogen-bond acceptors (Lipinski definition) is 5. The molecule has 1 amide bonds. The molecule has 1 aromatic carbocycles. The van der Waals surface area contributed by atoms with E-state index in [1.54, 1.807) is 0 Å². The smallest absolute Gasteiger partial charge is 0.225 e. The minimum absolute atomic E-state index is 0.0232. The first-order valence-electron chi connectivity index (χ1n) is 8.35. The number of thiazole rings is 1. The van der Waals surface area contributed by atoms with Crippen molar-refractivity contribution in [2.45, 2.75) is 18.9 Å². The summed E-state index contributed by atoms with van der Waals surface area (Å²) in [6.45, 7) is 2.14. The van der Waals surface area contributed by atoms with Crippen LogP contribution in [0.25, 0.3) is 10.2 Å². The molecule has 2 aromatic rings. The van der Waals surface area contributed by atoms with Crippen molar-refractivity contribution in [1.82, 2.24) is 20.5 Å². The summed E-state index contributed by atoms with van der Waals surface area (Å²) >= 11 is 1.22. The largest absolute Gasteiger partial charge is 0.345 e. The maximum absolute atomic E-state index is 13.9. The molecule has 5 nitrogen and oxygen atoms in total. The Morgan fingerprint density at radius 2 is 2.28 bits per heavy atom. The lowest BCUT2D eigenvalue weighted by Crippen LogP contribution is -2.43. The number of likely N-dealkylation sites (N-methyl/N-ethyl adjacent to an activating group) is 1. The van der Waals surface area contributed by atoms with Crippen LogP contribution in [0.15, 0.2) is 12.1 Å². The monoisotopic (exact) mass is 368 g/mol. The molecule has 25 heavy (non-hydrogen) atoms. The molecule has 0 spiro atoms. The lowest BCUT2D eigenvalue weighted by Gasteiger charge is -2.26. The number of aromatic nitrogens is 1. The van der Waals surface area contributed by atoms with Gasteiger partial charge in [0.05, 0.1) is 16.7 Å². The van der Waals surface area contributed by atoms with Crippen molar-refractivity contribution in [3.63, 3.8) is 0 Å². The van der Waals surface area contributed by atoms with E-state index in [9.17, 15) is 13.6 Å². The van der Waals surface area contributed by atoms with Gasteiger partial charge in [0, 0.05) is 19.2 Å². The zero-order chi connectivity index (χ0) is 18.0. The Bertz CT molecular complexity index is 758. The molecule has 1 aliphatic rings. The van der Waals surface area contributed by atoms with Gasteiger partial charge in [-0.3, -0.25) is 4.79 Å². The standard InChI is InChI=1S/C17H22F2N4OS/c1-23(2)9-13(21-16(24)10-4-3-5-20-8-10)17-22-15-12(19)6-11(18)7-14(15)25-17/h6-7,10,13,20H,3-5,8-9H2,1-2H3,(H,21,24)/t10?,13-/m0/s1. The zero-order valence-electron chi connectivity index (χ0n) is 14.3. The third-order valence-electron chi connectivity index (χ3n) is 4.26. The van der Waals surface area contributed by atoms with Crippen molar-refractivity contribution in [3.05, 3.63) is 28.8 Å². The summed E-state index contributed by atoms with van der Waals surface area (Å²) in [5.74, 6) is -1.39. The number of benzene rings is 1. The van der Waals surface area contributed by atoms with Crippen molar-refractivity contribution in [3.8, 4) is 0 Å². The highest BCUT2D eigenvalue weighted by Crippen LogP contribution is 2.29. The van der Waals surface area contributed by atoms with E-state index in [4.69, 9.17) is 0 Å². The quantitative estimate of drug-likeness (QED) is 0.850. The van der Waals surface area contributed by atoms with Gasteiger partial charge in [-0.15, -0.1) is 11.3 Å². The molecule has 2 atom stereocenters. The number of piperidine rings is 1. The van der Waals surface area contributed by atoms with Crippen LogP contribution in [0.2, 0.25) is 0 Å².